The lowest BCUT2D eigenvalue weighted by Crippen LogP contribution is -3.00. The van der Waals surface area contributed by atoms with Crippen LogP contribution >= 0.6 is 0 Å². The van der Waals surface area contributed by atoms with Crippen molar-refractivity contribution in [2.24, 2.45) is 0 Å². The molecule has 2 heteroatoms. The van der Waals surface area contributed by atoms with E-state index in [0.717, 1.165) is 0 Å². The van der Waals surface area contributed by atoms with Crippen LogP contribution in [0.4, 0.5) is 0 Å². The van der Waals surface area contributed by atoms with Crippen molar-refractivity contribution in [3.05, 3.63) is 0 Å². The van der Waals surface area contributed by atoms with Gasteiger partial charge in [0.2, 0.25) is 0 Å². The number of rotatable bonds is 34. The Morgan fingerprint density at radius 2 is 0.375 bits per heavy atom. The summed E-state index contributed by atoms with van der Waals surface area (Å²) in [7, 11) is 0. The maximum Gasteiger partial charge on any atom is 0.0786 e. The summed E-state index contributed by atoms with van der Waals surface area (Å²) >= 11 is 0. The van der Waals surface area contributed by atoms with Gasteiger partial charge in [0.15, 0.2) is 0 Å². The van der Waals surface area contributed by atoms with E-state index >= 15 is 0 Å². The molecule has 0 bridgehead atoms. The average molecular weight is 631 g/mol. The molecule has 0 radical (unpaired) electrons. The summed E-state index contributed by atoms with van der Waals surface area (Å²) in [6.07, 6.45) is 43.7. The van der Waals surface area contributed by atoms with Crippen molar-refractivity contribution >= 4 is 0 Å². The standard InChI is InChI=1S/C38H80N.BrH/c1-5-9-13-17-21-22-23-24-25-26-30-34-38-39(35-31-27-18-14-10-6-2,36-32-28-19-15-11-7-3)37-33-29-20-16-12-8-4;/h5-38H2,1-4H3;1H/q+1;/p-1. The molecule has 0 aromatic carbocycles. The minimum atomic E-state index is 0. The maximum absolute atomic E-state index is 2.34. The van der Waals surface area contributed by atoms with E-state index in [4.69, 9.17) is 0 Å². The summed E-state index contributed by atoms with van der Waals surface area (Å²) in [6.45, 7) is 15.3. The SMILES string of the molecule is CCCCCCCCCCCCCC[N+](CCCCCCCC)(CCCCCCCC)CCCCCCCC.[Br-]. The van der Waals surface area contributed by atoms with Gasteiger partial charge in [-0.3, -0.25) is 0 Å². The predicted octanol–water partition coefficient (Wildman–Crippen LogP) is 10.6. The zero-order chi connectivity index (χ0) is 28.5. The van der Waals surface area contributed by atoms with E-state index in [-0.39, 0.29) is 17.0 Å². The highest BCUT2D eigenvalue weighted by Gasteiger charge is 2.25. The van der Waals surface area contributed by atoms with Crippen molar-refractivity contribution in [3.8, 4) is 0 Å². The first kappa shape index (κ1) is 42.6. The number of unbranched alkanes of at least 4 members (excludes halogenated alkanes) is 26. The van der Waals surface area contributed by atoms with Gasteiger partial charge in [0.1, 0.15) is 0 Å². The molecular formula is C38H80BrN. The van der Waals surface area contributed by atoms with E-state index in [1.807, 2.05) is 0 Å². The highest BCUT2D eigenvalue weighted by Crippen LogP contribution is 2.21. The number of nitrogens with zero attached hydrogens (tertiary/aromatic N) is 1. The largest absolute Gasteiger partial charge is 1.00 e. The van der Waals surface area contributed by atoms with Crippen LogP contribution in [0.3, 0.4) is 0 Å². The normalized spacial score (nSPS) is 11.7. The molecule has 0 aliphatic rings. The highest BCUT2D eigenvalue weighted by atomic mass is 79.9. The number of quaternary nitrogens is 1. The molecule has 0 heterocycles. The Morgan fingerprint density at radius 3 is 0.550 bits per heavy atom. The Hall–Kier alpha value is 0.440. The number of hydrogen-bond acceptors (Lipinski definition) is 0. The molecule has 0 atom stereocenters. The highest BCUT2D eigenvalue weighted by molar-refractivity contribution is 4.55. The molecule has 0 aromatic rings. The zero-order valence-corrected chi connectivity index (χ0v) is 30.5. The first-order valence-corrected chi connectivity index (χ1v) is 19.1. The lowest BCUT2D eigenvalue weighted by atomic mass is 10.0. The second kappa shape index (κ2) is 35.6. The third-order valence-electron chi connectivity index (χ3n) is 9.44. The third kappa shape index (κ3) is 29.9. The van der Waals surface area contributed by atoms with Crippen LogP contribution in [-0.2, 0) is 0 Å². The molecule has 0 spiro atoms. The van der Waals surface area contributed by atoms with Crippen LogP contribution in [0.1, 0.15) is 220 Å². The Labute approximate surface area is 267 Å². The zero-order valence-electron chi connectivity index (χ0n) is 28.9. The van der Waals surface area contributed by atoms with Crippen LogP contribution in [-0.4, -0.2) is 30.7 Å². The summed E-state index contributed by atoms with van der Waals surface area (Å²) < 4.78 is 1.48. The van der Waals surface area contributed by atoms with Crippen molar-refractivity contribution in [2.45, 2.75) is 220 Å². The first-order valence-electron chi connectivity index (χ1n) is 19.1. The van der Waals surface area contributed by atoms with Crippen molar-refractivity contribution in [2.75, 3.05) is 26.2 Å². The molecule has 0 aromatic heterocycles. The molecule has 0 fully saturated rings. The summed E-state index contributed by atoms with van der Waals surface area (Å²) in [5, 5.41) is 0. The molecule has 40 heavy (non-hydrogen) atoms. The van der Waals surface area contributed by atoms with Crippen LogP contribution in [0.2, 0.25) is 0 Å². The Bertz CT molecular complexity index is 396. The second-order valence-corrected chi connectivity index (χ2v) is 13.4. The van der Waals surface area contributed by atoms with E-state index in [9.17, 15) is 0 Å². The molecule has 0 aliphatic heterocycles. The van der Waals surface area contributed by atoms with Crippen molar-refractivity contribution in [3.63, 3.8) is 0 Å². The van der Waals surface area contributed by atoms with Gasteiger partial charge in [-0.15, -0.1) is 0 Å². The van der Waals surface area contributed by atoms with E-state index in [0.29, 0.717) is 0 Å². The molecule has 0 unspecified atom stereocenters. The van der Waals surface area contributed by atoms with Gasteiger partial charge in [0.25, 0.3) is 0 Å². The maximum atomic E-state index is 2.34. The van der Waals surface area contributed by atoms with Crippen LogP contribution < -0.4 is 17.0 Å². The average Bonchev–Trinajstić information content (AvgIpc) is 2.95. The van der Waals surface area contributed by atoms with E-state index in [1.165, 1.54) is 223 Å². The molecule has 244 valence electrons. The summed E-state index contributed by atoms with van der Waals surface area (Å²) in [5.74, 6) is 0. The Kier molecular flexibility index (Phi) is 37.9. The molecule has 0 saturated heterocycles. The quantitative estimate of drug-likeness (QED) is 0.0490. The number of halogens is 1. The molecule has 0 N–H and O–H groups in total. The Morgan fingerprint density at radius 1 is 0.225 bits per heavy atom. The van der Waals surface area contributed by atoms with E-state index < -0.39 is 0 Å². The molecule has 0 aliphatic carbocycles. The molecular weight excluding hydrogens is 550 g/mol. The monoisotopic (exact) mass is 630 g/mol. The molecule has 0 rings (SSSR count). The molecule has 1 nitrogen and oxygen atoms in total. The summed E-state index contributed by atoms with van der Waals surface area (Å²) in [4.78, 5) is 0. The smallest absolute Gasteiger partial charge is 0.0786 e. The fourth-order valence-corrected chi connectivity index (χ4v) is 6.64. The van der Waals surface area contributed by atoms with E-state index in [1.54, 1.807) is 0 Å². The third-order valence-corrected chi connectivity index (χ3v) is 9.44. The first-order chi connectivity index (χ1) is 19.2. The molecule has 0 amide bonds. The van der Waals surface area contributed by atoms with Gasteiger partial charge in [0, 0.05) is 0 Å². The van der Waals surface area contributed by atoms with Gasteiger partial charge < -0.3 is 21.5 Å². The number of hydrogen-bond donors (Lipinski definition) is 0. The van der Waals surface area contributed by atoms with Crippen molar-refractivity contribution in [1.82, 2.24) is 0 Å². The van der Waals surface area contributed by atoms with Gasteiger partial charge >= 0.3 is 0 Å². The second-order valence-electron chi connectivity index (χ2n) is 13.4. The van der Waals surface area contributed by atoms with Gasteiger partial charge in [-0.2, -0.15) is 0 Å². The minimum Gasteiger partial charge on any atom is -1.00 e. The fraction of sp³-hybridized carbons (Fsp3) is 1.00. The van der Waals surface area contributed by atoms with Crippen molar-refractivity contribution < 1.29 is 21.5 Å². The summed E-state index contributed by atoms with van der Waals surface area (Å²) in [5.41, 5.74) is 0. The lowest BCUT2D eigenvalue weighted by molar-refractivity contribution is -0.929. The van der Waals surface area contributed by atoms with Gasteiger partial charge in [-0.1, -0.05) is 169 Å². The Balaban J connectivity index is 0. The van der Waals surface area contributed by atoms with Crippen LogP contribution in [0.15, 0.2) is 0 Å². The minimum absolute atomic E-state index is 0. The fourth-order valence-electron chi connectivity index (χ4n) is 6.64. The lowest BCUT2D eigenvalue weighted by Gasteiger charge is -2.40. The van der Waals surface area contributed by atoms with Crippen LogP contribution in [0.25, 0.3) is 0 Å². The van der Waals surface area contributed by atoms with Crippen LogP contribution in [0.5, 0.6) is 0 Å². The predicted molar refractivity (Wildman–Crippen MR) is 181 cm³/mol. The van der Waals surface area contributed by atoms with Gasteiger partial charge in [0.05, 0.1) is 26.2 Å². The van der Waals surface area contributed by atoms with Gasteiger partial charge in [-0.25, -0.2) is 0 Å². The van der Waals surface area contributed by atoms with Gasteiger partial charge in [-0.05, 0) is 51.4 Å². The van der Waals surface area contributed by atoms with Crippen molar-refractivity contribution in [1.29, 1.82) is 0 Å². The van der Waals surface area contributed by atoms with E-state index in [2.05, 4.69) is 27.7 Å². The molecule has 0 saturated carbocycles. The topological polar surface area (TPSA) is 0 Å². The summed E-state index contributed by atoms with van der Waals surface area (Å²) in [6, 6.07) is 0. The van der Waals surface area contributed by atoms with Crippen LogP contribution in [0, 0.1) is 0 Å².